The van der Waals surface area contributed by atoms with Crippen molar-refractivity contribution in [2.45, 2.75) is 63.3 Å². The van der Waals surface area contributed by atoms with Crippen LogP contribution in [0.1, 0.15) is 55.7 Å². The van der Waals surface area contributed by atoms with Gasteiger partial charge in [-0.25, -0.2) is 4.79 Å². The van der Waals surface area contributed by atoms with E-state index in [1.165, 1.54) is 4.90 Å². The fourth-order valence-electron chi connectivity index (χ4n) is 7.76. The normalized spacial score (nSPS) is 22.4. The number of ether oxygens (including phenoxy) is 3. The van der Waals surface area contributed by atoms with Crippen LogP contribution >= 0.6 is 0 Å². The van der Waals surface area contributed by atoms with Crippen LogP contribution in [-0.2, 0) is 19.1 Å². The molecule has 3 heterocycles. The molecule has 11 nitrogen and oxygen atoms in total. The molecule has 3 aliphatic heterocycles. The van der Waals surface area contributed by atoms with Gasteiger partial charge < -0.3 is 34.6 Å². The van der Waals surface area contributed by atoms with E-state index in [0.29, 0.717) is 42.9 Å². The zero-order valence-electron chi connectivity index (χ0n) is 28.5. The smallest absolute Gasteiger partial charge is 0.407 e. The Balaban J connectivity index is 1.12. The van der Waals surface area contributed by atoms with Crippen LogP contribution in [0.4, 0.5) is 4.79 Å². The van der Waals surface area contributed by atoms with Gasteiger partial charge in [0.2, 0.25) is 17.7 Å². The monoisotopic (exact) mass is 678 g/mol. The van der Waals surface area contributed by atoms with Gasteiger partial charge in [0, 0.05) is 37.2 Å². The summed E-state index contributed by atoms with van der Waals surface area (Å²) in [5.74, 6) is -0.396. The molecule has 1 aliphatic carbocycles. The van der Waals surface area contributed by atoms with Crippen LogP contribution in [0.15, 0.2) is 72.9 Å². The highest BCUT2D eigenvalue weighted by molar-refractivity contribution is 5.95. The maximum Gasteiger partial charge on any atom is 0.407 e. The van der Waals surface area contributed by atoms with Crippen molar-refractivity contribution in [2.24, 2.45) is 5.92 Å². The average molecular weight is 679 g/mol. The van der Waals surface area contributed by atoms with Crippen LogP contribution in [0.3, 0.4) is 0 Å². The summed E-state index contributed by atoms with van der Waals surface area (Å²) in [5, 5.41) is 5.63. The maximum absolute atomic E-state index is 14.4. The standard InChI is InChI=1S/C39H42N4O7/c1-23(2)34(41-39(47)49-22-30-28-11-6-4-9-26(28)27-10-5-7-12-29(27)30)37(45)43-20-17-33-35(43)38(46)42-19-8-13-31(42)36(44)40-18-16-24-21-25(50-33)14-15-32(24)48-3/h4-7,9-12,14-16,18,21,23,30-31,33-35H,8,13,17,19-20,22H2,1-3H3,(H,40,44)(H,41,47)/b18-16-/t31-,33-,34-,35-/m0/s1. The molecule has 2 fully saturated rings. The van der Waals surface area contributed by atoms with Crippen molar-refractivity contribution >= 4 is 29.9 Å². The van der Waals surface area contributed by atoms with E-state index in [-0.39, 0.29) is 36.8 Å². The van der Waals surface area contributed by atoms with E-state index in [1.807, 2.05) is 50.2 Å². The van der Waals surface area contributed by atoms with E-state index < -0.39 is 36.2 Å². The number of amides is 4. The summed E-state index contributed by atoms with van der Waals surface area (Å²) in [5.41, 5.74) is 5.11. The number of likely N-dealkylation sites (tertiary alicyclic amines) is 1. The number of alkyl carbamates (subject to hydrolysis) is 1. The van der Waals surface area contributed by atoms with E-state index in [4.69, 9.17) is 14.2 Å². The molecule has 260 valence electrons. The van der Waals surface area contributed by atoms with E-state index in [1.54, 1.807) is 42.5 Å². The summed E-state index contributed by atoms with van der Waals surface area (Å²) in [6, 6.07) is 18.8. The fourth-order valence-corrected chi connectivity index (χ4v) is 7.76. The topological polar surface area (TPSA) is 127 Å². The van der Waals surface area contributed by atoms with Crippen molar-refractivity contribution in [3.63, 3.8) is 0 Å². The lowest BCUT2D eigenvalue weighted by Crippen LogP contribution is -2.59. The van der Waals surface area contributed by atoms with Gasteiger partial charge in [0.25, 0.3) is 0 Å². The number of nitrogens with one attached hydrogen (secondary N) is 2. The minimum atomic E-state index is -0.999. The number of hydrogen-bond acceptors (Lipinski definition) is 7. The molecule has 4 atom stereocenters. The Kier molecular flexibility index (Phi) is 9.22. The molecule has 0 saturated carbocycles. The van der Waals surface area contributed by atoms with Gasteiger partial charge in [0.05, 0.1) is 7.11 Å². The third-order valence-corrected chi connectivity index (χ3v) is 10.2. The lowest BCUT2D eigenvalue weighted by Gasteiger charge is -2.35. The van der Waals surface area contributed by atoms with Gasteiger partial charge in [-0.15, -0.1) is 0 Å². The number of methoxy groups -OCH3 is 1. The molecule has 3 aromatic rings. The Morgan fingerprint density at radius 2 is 1.70 bits per heavy atom. The maximum atomic E-state index is 14.4. The molecule has 3 aromatic carbocycles. The summed E-state index contributed by atoms with van der Waals surface area (Å²) >= 11 is 0. The number of benzene rings is 3. The Hall–Kier alpha value is -5.32. The quantitative estimate of drug-likeness (QED) is 0.387. The lowest BCUT2D eigenvalue weighted by molar-refractivity contribution is -0.149. The SMILES string of the molecule is COc1ccc2cc1/C=C\NC(=O)[C@@H]1CCCN1C(=O)[C@@H]1[C@H](CCN1C(=O)[C@@H](NC(=O)OCC1c3ccccc3-c3ccccc31)C(C)C)O2. The first-order valence-corrected chi connectivity index (χ1v) is 17.3. The zero-order valence-corrected chi connectivity index (χ0v) is 28.5. The summed E-state index contributed by atoms with van der Waals surface area (Å²) in [4.78, 5) is 58.5. The summed E-state index contributed by atoms with van der Waals surface area (Å²) < 4.78 is 17.7. The highest BCUT2D eigenvalue weighted by Gasteiger charge is 2.49. The van der Waals surface area contributed by atoms with Crippen LogP contribution in [0.5, 0.6) is 11.5 Å². The van der Waals surface area contributed by atoms with Crippen LogP contribution < -0.4 is 20.1 Å². The first-order valence-electron chi connectivity index (χ1n) is 17.3. The van der Waals surface area contributed by atoms with Crippen LogP contribution in [-0.4, -0.2) is 84.7 Å². The second-order valence-corrected chi connectivity index (χ2v) is 13.5. The number of fused-ring (bicyclic) bond motifs is 7. The highest BCUT2D eigenvalue weighted by atomic mass is 16.5. The third-order valence-electron chi connectivity index (χ3n) is 10.2. The second-order valence-electron chi connectivity index (χ2n) is 13.5. The Bertz CT molecular complexity index is 1790. The molecular weight excluding hydrogens is 636 g/mol. The van der Waals surface area contributed by atoms with E-state index in [9.17, 15) is 19.2 Å². The van der Waals surface area contributed by atoms with Crippen molar-refractivity contribution in [3.8, 4) is 22.6 Å². The molecule has 0 spiro atoms. The Labute approximate surface area is 291 Å². The van der Waals surface area contributed by atoms with Crippen molar-refractivity contribution in [1.82, 2.24) is 20.4 Å². The van der Waals surface area contributed by atoms with Gasteiger partial charge in [-0.3, -0.25) is 14.4 Å². The fraction of sp³-hybridized carbons (Fsp3) is 0.385. The van der Waals surface area contributed by atoms with E-state index in [0.717, 1.165) is 22.3 Å². The van der Waals surface area contributed by atoms with Crippen LogP contribution in [0.2, 0.25) is 0 Å². The number of rotatable bonds is 6. The zero-order chi connectivity index (χ0) is 34.9. The summed E-state index contributed by atoms with van der Waals surface area (Å²) in [6.45, 7) is 4.42. The third kappa shape index (κ3) is 6.16. The number of hydrogen-bond donors (Lipinski definition) is 2. The van der Waals surface area contributed by atoms with Crippen molar-refractivity contribution in [3.05, 3.63) is 89.6 Å². The number of nitrogens with zero attached hydrogens (tertiary/aromatic N) is 2. The van der Waals surface area contributed by atoms with Gasteiger partial charge in [-0.1, -0.05) is 62.4 Å². The molecular formula is C39H42N4O7. The van der Waals surface area contributed by atoms with Gasteiger partial charge in [0.15, 0.2) is 0 Å². The molecule has 4 amide bonds. The van der Waals surface area contributed by atoms with E-state index in [2.05, 4.69) is 22.8 Å². The first-order chi connectivity index (χ1) is 24.2. The van der Waals surface area contributed by atoms with Crippen molar-refractivity contribution in [1.29, 1.82) is 0 Å². The van der Waals surface area contributed by atoms with Crippen LogP contribution in [0.25, 0.3) is 17.2 Å². The molecule has 2 N–H and O–H groups in total. The summed E-state index contributed by atoms with van der Waals surface area (Å²) in [6.07, 6.45) is 3.44. The Morgan fingerprint density at radius 3 is 2.40 bits per heavy atom. The van der Waals surface area contributed by atoms with Crippen LogP contribution in [0, 0.1) is 5.92 Å². The first kappa shape index (κ1) is 33.2. The second kappa shape index (κ2) is 13.9. The lowest BCUT2D eigenvalue weighted by atomic mass is 9.98. The molecule has 0 aromatic heterocycles. The van der Waals surface area contributed by atoms with Gasteiger partial charge in [0.1, 0.15) is 42.3 Å². The molecule has 2 bridgehead atoms. The molecule has 11 heteroatoms. The molecule has 7 rings (SSSR count). The largest absolute Gasteiger partial charge is 0.496 e. The minimum absolute atomic E-state index is 0.108. The molecule has 2 saturated heterocycles. The Morgan fingerprint density at radius 1 is 0.980 bits per heavy atom. The molecule has 0 radical (unpaired) electrons. The number of carbonyl (C=O) groups excluding carboxylic acids is 4. The highest BCUT2D eigenvalue weighted by Crippen LogP contribution is 2.44. The summed E-state index contributed by atoms with van der Waals surface area (Å²) in [7, 11) is 1.56. The van der Waals surface area contributed by atoms with Gasteiger partial charge >= 0.3 is 6.09 Å². The molecule has 4 aliphatic rings. The number of carbonyl (C=O) groups is 4. The average Bonchev–Trinajstić information content (AvgIpc) is 3.85. The predicted octanol–water partition coefficient (Wildman–Crippen LogP) is 4.70. The van der Waals surface area contributed by atoms with Crippen molar-refractivity contribution < 1.29 is 33.4 Å². The van der Waals surface area contributed by atoms with Gasteiger partial charge in [-0.2, -0.15) is 0 Å². The van der Waals surface area contributed by atoms with Crippen molar-refractivity contribution in [2.75, 3.05) is 26.8 Å². The van der Waals surface area contributed by atoms with Gasteiger partial charge in [-0.05, 0) is 65.3 Å². The minimum Gasteiger partial charge on any atom is -0.496 e. The van der Waals surface area contributed by atoms with E-state index >= 15 is 0 Å². The molecule has 0 unspecified atom stereocenters. The predicted molar refractivity (Wildman–Crippen MR) is 186 cm³/mol. The molecule has 50 heavy (non-hydrogen) atoms.